The fraction of sp³-hybridized carbons (Fsp3) is 0.538. The first kappa shape index (κ1) is 11.3. The largest absolute Gasteiger partial charge is 0.312 e. The highest BCUT2D eigenvalue weighted by atomic mass is 14.9. The smallest absolute Gasteiger partial charge is 0.0211 e. The van der Waals surface area contributed by atoms with Crippen LogP contribution in [0.1, 0.15) is 36.1 Å². The zero-order valence-electron chi connectivity index (χ0n) is 9.78. The van der Waals surface area contributed by atoms with Crippen LogP contribution < -0.4 is 5.32 Å². The van der Waals surface area contributed by atoms with Gasteiger partial charge in [0.25, 0.3) is 0 Å². The average molecular weight is 191 g/mol. The van der Waals surface area contributed by atoms with Crippen LogP contribution in [0.5, 0.6) is 0 Å². The highest BCUT2D eigenvalue weighted by Crippen LogP contribution is 2.19. The van der Waals surface area contributed by atoms with Gasteiger partial charge < -0.3 is 5.32 Å². The van der Waals surface area contributed by atoms with Gasteiger partial charge in [0.2, 0.25) is 0 Å². The standard InChI is InChI=1S/C11H15N.C2H6/c1-8-5-9(2)11-7-12-4-3-10(11)6-8;1-2/h5-6,12H,3-4,7H2,1-2H3;1-2H3. The number of fused-ring (bicyclic) bond motifs is 1. The minimum Gasteiger partial charge on any atom is -0.312 e. The molecule has 0 bridgehead atoms. The minimum atomic E-state index is 1.06. The molecular weight excluding hydrogens is 170 g/mol. The fourth-order valence-corrected chi connectivity index (χ4v) is 2.00. The van der Waals surface area contributed by atoms with E-state index in [1.54, 1.807) is 5.56 Å². The predicted molar refractivity (Wildman–Crippen MR) is 62.7 cm³/mol. The Balaban J connectivity index is 0.000000461. The van der Waals surface area contributed by atoms with Gasteiger partial charge in [-0.05, 0) is 43.5 Å². The second kappa shape index (κ2) is 5.16. The molecule has 0 unspecified atom stereocenters. The van der Waals surface area contributed by atoms with E-state index in [1.165, 1.54) is 23.1 Å². The van der Waals surface area contributed by atoms with E-state index < -0.39 is 0 Å². The van der Waals surface area contributed by atoms with Gasteiger partial charge in [-0.25, -0.2) is 0 Å². The lowest BCUT2D eigenvalue weighted by atomic mass is 9.94. The maximum atomic E-state index is 3.40. The van der Waals surface area contributed by atoms with Crippen LogP contribution in [0.4, 0.5) is 0 Å². The Bertz CT molecular complexity index is 302. The zero-order valence-corrected chi connectivity index (χ0v) is 9.78. The Morgan fingerprint density at radius 2 is 1.86 bits per heavy atom. The van der Waals surface area contributed by atoms with Crippen molar-refractivity contribution in [3.05, 3.63) is 34.4 Å². The molecule has 0 saturated heterocycles. The van der Waals surface area contributed by atoms with Crippen LogP contribution in [-0.2, 0) is 13.0 Å². The van der Waals surface area contributed by atoms with Gasteiger partial charge in [-0.1, -0.05) is 31.5 Å². The maximum Gasteiger partial charge on any atom is 0.0211 e. The molecule has 2 rings (SSSR count). The molecule has 1 aromatic carbocycles. The number of aryl methyl sites for hydroxylation is 2. The highest BCUT2D eigenvalue weighted by Gasteiger charge is 2.10. The van der Waals surface area contributed by atoms with Crippen LogP contribution in [0, 0.1) is 13.8 Å². The van der Waals surface area contributed by atoms with Gasteiger partial charge in [0, 0.05) is 6.54 Å². The van der Waals surface area contributed by atoms with Crippen LogP contribution in [0.15, 0.2) is 12.1 Å². The quantitative estimate of drug-likeness (QED) is 0.665. The van der Waals surface area contributed by atoms with Gasteiger partial charge >= 0.3 is 0 Å². The van der Waals surface area contributed by atoms with E-state index >= 15 is 0 Å². The van der Waals surface area contributed by atoms with Crippen LogP contribution in [0.25, 0.3) is 0 Å². The molecule has 1 aromatic rings. The molecule has 1 aliphatic rings. The van der Waals surface area contributed by atoms with E-state index in [0.717, 1.165) is 13.1 Å². The molecule has 1 nitrogen and oxygen atoms in total. The average Bonchev–Trinajstić information content (AvgIpc) is 2.20. The fourth-order valence-electron chi connectivity index (χ4n) is 2.00. The Kier molecular flexibility index (Phi) is 4.15. The van der Waals surface area contributed by atoms with Crippen molar-refractivity contribution in [2.24, 2.45) is 0 Å². The SMILES string of the molecule is CC.Cc1cc(C)c2c(c1)CCNC2. The summed E-state index contributed by atoms with van der Waals surface area (Å²) in [6.45, 7) is 10.6. The van der Waals surface area contributed by atoms with Gasteiger partial charge in [0.15, 0.2) is 0 Å². The summed E-state index contributed by atoms with van der Waals surface area (Å²) in [5, 5.41) is 3.40. The van der Waals surface area contributed by atoms with Crippen molar-refractivity contribution in [2.75, 3.05) is 6.54 Å². The highest BCUT2D eigenvalue weighted by molar-refractivity contribution is 5.39. The number of nitrogens with one attached hydrogen (secondary N) is 1. The zero-order chi connectivity index (χ0) is 10.6. The predicted octanol–water partition coefficient (Wildman–Crippen LogP) is 2.98. The first-order valence-electron chi connectivity index (χ1n) is 5.57. The summed E-state index contributed by atoms with van der Waals surface area (Å²) in [4.78, 5) is 0. The molecule has 1 aliphatic heterocycles. The first-order valence-corrected chi connectivity index (χ1v) is 5.57. The molecule has 14 heavy (non-hydrogen) atoms. The summed E-state index contributed by atoms with van der Waals surface area (Å²) in [5.74, 6) is 0. The normalized spacial score (nSPS) is 14.0. The Morgan fingerprint density at radius 3 is 2.57 bits per heavy atom. The molecule has 0 aliphatic carbocycles. The molecule has 0 radical (unpaired) electrons. The Labute approximate surface area is 87.5 Å². The summed E-state index contributed by atoms with van der Waals surface area (Å²) in [6, 6.07) is 4.59. The van der Waals surface area contributed by atoms with E-state index in [-0.39, 0.29) is 0 Å². The topological polar surface area (TPSA) is 12.0 Å². The molecule has 1 heteroatoms. The van der Waals surface area contributed by atoms with Gasteiger partial charge in [-0.2, -0.15) is 0 Å². The molecule has 0 aromatic heterocycles. The van der Waals surface area contributed by atoms with Crippen molar-refractivity contribution in [2.45, 2.75) is 40.7 Å². The van der Waals surface area contributed by atoms with Crippen molar-refractivity contribution >= 4 is 0 Å². The molecule has 1 N–H and O–H groups in total. The van der Waals surface area contributed by atoms with Crippen molar-refractivity contribution in [1.29, 1.82) is 0 Å². The van der Waals surface area contributed by atoms with Crippen molar-refractivity contribution in [3.63, 3.8) is 0 Å². The molecule has 0 spiro atoms. The third-order valence-corrected chi connectivity index (χ3v) is 2.58. The van der Waals surface area contributed by atoms with Crippen molar-refractivity contribution in [1.82, 2.24) is 5.32 Å². The van der Waals surface area contributed by atoms with Crippen molar-refractivity contribution < 1.29 is 0 Å². The molecule has 0 saturated carbocycles. The van der Waals surface area contributed by atoms with Gasteiger partial charge in [0.05, 0.1) is 0 Å². The molecule has 0 atom stereocenters. The molecule has 0 fully saturated rings. The van der Waals surface area contributed by atoms with Crippen LogP contribution >= 0.6 is 0 Å². The third-order valence-electron chi connectivity index (χ3n) is 2.58. The molecular formula is C13H21N. The van der Waals surface area contributed by atoms with Gasteiger partial charge in [-0.15, -0.1) is 0 Å². The molecule has 78 valence electrons. The first-order chi connectivity index (χ1) is 6.77. The number of hydrogen-bond acceptors (Lipinski definition) is 1. The summed E-state index contributed by atoms with van der Waals surface area (Å²) in [5.41, 5.74) is 5.91. The van der Waals surface area contributed by atoms with Gasteiger partial charge in [-0.3, -0.25) is 0 Å². The molecule has 0 amide bonds. The second-order valence-electron chi connectivity index (χ2n) is 3.65. The van der Waals surface area contributed by atoms with E-state index in [4.69, 9.17) is 0 Å². The second-order valence-corrected chi connectivity index (χ2v) is 3.65. The summed E-state index contributed by atoms with van der Waals surface area (Å²) < 4.78 is 0. The summed E-state index contributed by atoms with van der Waals surface area (Å²) in [6.07, 6.45) is 1.19. The van der Waals surface area contributed by atoms with E-state index in [0.29, 0.717) is 0 Å². The van der Waals surface area contributed by atoms with Crippen LogP contribution in [0.2, 0.25) is 0 Å². The lowest BCUT2D eigenvalue weighted by molar-refractivity contribution is 0.640. The number of benzene rings is 1. The van der Waals surface area contributed by atoms with E-state index in [1.807, 2.05) is 13.8 Å². The summed E-state index contributed by atoms with van der Waals surface area (Å²) in [7, 11) is 0. The maximum absolute atomic E-state index is 3.40. The van der Waals surface area contributed by atoms with E-state index in [2.05, 4.69) is 31.3 Å². The Hall–Kier alpha value is -0.820. The third kappa shape index (κ3) is 2.36. The minimum absolute atomic E-state index is 1.06. The van der Waals surface area contributed by atoms with Gasteiger partial charge in [0.1, 0.15) is 0 Å². The lowest BCUT2D eigenvalue weighted by Gasteiger charge is -2.19. The number of rotatable bonds is 0. The lowest BCUT2D eigenvalue weighted by Crippen LogP contribution is -2.24. The van der Waals surface area contributed by atoms with Crippen molar-refractivity contribution in [3.8, 4) is 0 Å². The monoisotopic (exact) mass is 191 g/mol. The van der Waals surface area contributed by atoms with Crippen LogP contribution in [0.3, 0.4) is 0 Å². The number of hydrogen-bond donors (Lipinski definition) is 1. The Morgan fingerprint density at radius 1 is 1.14 bits per heavy atom. The summed E-state index contributed by atoms with van der Waals surface area (Å²) >= 11 is 0. The van der Waals surface area contributed by atoms with E-state index in [9.17, 15) is 0 Å². The molecule has 1 heterocycles. The van der Waals surface area contributed by atoms with Crippen LogP contribution in [-0.4, -0.2) is 6.54 Å².